The molecule has 28 heavy (non-hydrogen) atoms. The second-order valence-electron chi connectivity index (χ2n) is 9.08. The number of carboxylic acid groups (broad SMARTS) is 1. The molecule has 0 radical (unpaired) electrons. The maximum absolute atomic E-state index is 10.8. The first kappa shape index (κ1) is 24.9. The van der Waals surface area contributed by atoms with Gasteiger partial charge in [-0.3, -0.25) is 0 Å². The molecule has 0 saturated heterocycles. The first-order valence-corrected chi connectivity index (χ1v) is 10.7. The van der Waals surface area contributed by atoms with E-state index in [0.717, 1.165) is 19.3 Å². The number of aliphatic hydroxyl groups is 2. The zero-order valence-electron chi connectivity index (χ0n) is 17.7. The van der Waals surface area contributed by atoms with Crippen molar-refractivity contribution < 1.29 is 20.1 Å². The van der Waals surface area contributed by atoms with Crippen LogP contribution in [0.15, 0.2) is 36.0 Å². The third-order valence-corrected chi connectivity index (χ3v) is 6.02. The van der Waals surface area contributed by atoms with E-state index in [1.165, 1.54) is 24.8 Å². The van der Waals surface area contributed by atoms with Crippen LogP contribution >= 0.6 is 11.6 Å². The largest absolute Gasteiger partial charge is 0.477 e. The molecule has 160 valence electrons. The molecule has 1 saturated carbocycles. The van der Waals surface area contributed by atoms with Crippen molar-refractivity contribution in [1.29, 1.82) is 0 Å². The van der Waals surface area contributed by atoms with Crippen molar-refractivity contribution in [3.8, 4) is 0 Å². The second kappa shape index (κ2) is 11.2. The lowest BCUT2D eigenvalue weighted by atomic mass is 9.84. The summed E-state index contributed by atoms with van der Waals surface area (Å²) >= 11 is 5.80. The quantitative estimate of drug-likeness (QED) is 0.240. The Labute approximate surface area is 175 Å². The van der Waals surface area contributed by atoms with Gasteiger partial charge in [0.25, 0.3) is 5.79 Å². The Hall–Kier alpha value is -1.10. The highest BCUT2D eigenvalue weighted by atomic mass is 35.5. The average molecular weight is 413 g/mol. The molecule has 1 aliphatic rings. The van der Waals surface area contributed by atoms with E-state index >= 15 is 0 Å². The molecular weight excluding hydrogens is 376 g/mol. The van der Waals surface area contributed by atoms with E-state index in [4.69, 9.17) is 16.7 Å². The minimum Gasteiger partial charge on any atom is -0.477 e. The molecule has 3 N–H and O–H groups in total. The Balaban J connectivity index is 2.48. The predicted molar refractivity (Wildman–Crippen MR) is 115 cm³/mol. The van der Waals surface area contributed by atoms with Crippen LogP contribution in [0.5, 0.6) is 0 Å². The summed E-state index contributed by atoms with van der Waals surface area (Å²) in [4.78, 5) is 10.8. The molecular formula is C23H37ClO4. The number of aliphatic carboxylic acids is 1. The fraction of sp³-hybridized carbons (Fsp3) is 0.696. The van der Waals surface area contributed by atoms with E-state index in [-0.39, 0.29) is 11.8 Å². The summed E-state index contributed by atoms with van der Waals surface area (Å²) in [5.74, 6) is -3.48. The molecule has 5 heteroatoms. The highest BCUT2D eigenvalue weighted by Crippen LogP contribution is 2.36. The minimum atomic E-state index is -2.90. The lowest BCUT2D eigenvalue weighted by Gasteiger charge is -2.22. The van der Waals surface area contributed by atoms with Crippen molar-refractivity contribution in [1.82, 2.24) is 0 Å². The van der Waals surface area contributed by atoms with Gasteiger partial charge in [0.1, 0.15) is 5.38 Å². The van der Waals surface area contributed by atoms with Crippen LogP contribution in [0.3, 0.4) is 0 Å². The number of rotatable bonds is 11. The van der Waals surface area contributed by atoms with Crippen LogP contribution in [0.2, 0.25) is 0 Å². The lowest BCUT2D eigenvalue weighted by molar-refractivity contribution is -0.203. The van der Waals surface area contributed by atoms with Gasteiger partial charge in [-0.05, 0) is 69.6 Å². The van der Waals surface area contributed by atoms with Gasteiger partial charge in [-0.15, -0.1) is 11.6 Å². The Morgan fingerprint density at radius 1 is 1.14 bits per heavy atom. The monoisotopic (exact) mass is 412 g/mol. The summed E-state index contributed by atoms with van der Waals surface area (Å²) in [5.41, 5.74) is 1.63. The van der Waals surface area contributed by atoms with Crippen molar-refractivity contribution in [3.05, 3.63) is 36.0 Å². The second-order valence-corrected chi connectivity index (χ2v) is 9.61. The number of allylic oxidation sites excluding steroid dienone is 6. The van der Waals surface area contributed by atoms with Gasteiger partial charge in [-0.25, -0.2) is 4.79 Å². The van der Waals surface area contributed by atoms with Gasteiger partial charge in [-0.2, -0.15) is 0 Å². The minimum absolute atomic E-state index is 0.104. The predicted octanol–water partition coefficient (Wildman–Crippen LogP) is 5.44. The fourth-order valence-electron chi connectivity index (χ4n) is 3.52. The maximum Gasteiger partial charge on any atom is 0.365 e. The number of hydrogen-bond acceptors (Lipinski definition) is 3. The van der Waals surface area contributed by atoms with Gasteiger partial charge in [-0.1, -0.05) is 56.2 Å². The highest BCUT2D eigenvalue weighted by molar-refractivity contribution is 6.22. The van der Waals surface area contributed by atoms with Gasteiger partial charge in [0.2, 0.25) is 0 Å². The van der Waals surface area contributed by atoms with Gasteiger partial charge in [0.15, 0.2) is 0 Å². The standard InChI is InChI=1S/C23H37ClO4/c1-17(2)14-16-22(3,4)15-8-12-19-11-7-10-18(19)9-5-6-13-20(24)23(27,28)21(25)26/h5-6,8,12,14,18-20,27-28H,7,9-11,13,15-16H2,1-4H3,(H,25,26)/t18-,19+,20?/m0/s1. The van der Waals surface area contributed by atoms with Crippen molar-refractivity contribution >= 4 is 17.6 Å². The van der Waals surface area contributed by atoms with E-state index in [1.54, 1.807) is 6.08 Å². The highest BCUT2D eigenvalue weighted by Gasteiger charge is 2.40. The molecule has 0 spiro atoms. The summed E-state index contributed by atoms with van der Waals surface area (Å²) in [6, 6.07) is 0. The third-order valence-electron chi connectivity index (χ3n) is 5.53. The number of hydrogen-bond donors (Lipinski definition) is 3. The Bertz CT molecular complexity index is 585. The van der Waals surface area contributed by atoms with Crippen LogP contribution in [0.25, 0.3) is 0 Å². The molecule has 0 amide bonds. The number of carbonyl (C=O) groups is 1. The average Bonchev–Trinajstić information content (AvgIpc) is 3.03. The number of alkyl halides is 1. The van der Waals surface area contributed by atoms with Crippen molar-refractivity contribution in [3.63, 3.8) is 0 Å². The Morgan fingerprint density at radius 3 is 2.43 bits per heavy atom. The van der Waals surface area contributed by atoms with Crippen LogP contribution in [0, 0.1) is 17.3 Å². The van der Waals surface area contributed by atoms with Crippen LogP contribution in [-0.4, -0.2) is 32.5 Å². The van der Waals surface area contributed by atoms with Crippen LogP contribution in [-0.2, 0) is 4.79 Å². The molecule has 0 aromatic carbocycles. The third kappa shape index (κ3) is 8.50. The molecule has 1 rings (SSSR count). The molecule has 0 heterocycles. The van der Waals surface area contributed by atoms with Crippen LogP contribution < -0.4 is 0 Å². The van der Waals surface area contributed by atoms with Crippen LogP contribution in [0.4, 0.5) is 0 Å². The summed E-state index contributed by atoms with van der Waals surface area (Å²) in [6.45, 7) is 8.87. The first-order valence-electron chi connectivity index (χ1n) is 10.2. The molecule has 0 aliphatic heterocycles. The van der Waals surface area contributed by atoms with E-state index in [0.29, 0.717) is 11.8 Å². The molecule has 1 fully saturated rings. The normalized spacial score (nSPS) is 22.1. The fourth-order valence-corrected chi connectivity index (χ4v) is 3.72. The maximum atomic E-state index is 10.8. The Kier molecular flexibility index (Phi) is 9.96. The lowest BCUT2D eigenvalue weighted by Crippen LogP contribution is -2.46. The molecule has 0 aromatic rings. The molecule has 0 bridgehead atoms. The molecule has 0 aromatic heterocycles. The molecule has 3 atom stereocenters. The molecule has 4 nitrogen and oxygen atoms in total. The van der Waals surface area contributed by atoms with Gasteiger partial charge in [0.05, 0.1) is 0 Å². The summed E-state index contributed by atoms with van der Waals surface area (Å²) < 4.78 is 0. The van der Waals surface area contributed by atoms with Gasteiger partial charge >= 0.3 is 5.97 Å². The molecule has 1 aliphatic carbocycles. The summed E-state index contributed by atoms with van der Waals surface area (Å²) in [5, 5.41) is 26.3. The van der Waals surface area contributed by atoms with E-state index in [2.05, 4.69) is 45.9 Å². The van der Waals surface area contributed by atoms with E-state index < -0.39 is 17.1 Å². The van der Waals surface area contributed by atoms with E-state index in [1.807, 2.05) is 6.08 Å². The summed E-state index contributed by atoms with van der Waals surface area (Å²) in [6.07, 6.45) is 17.5. The Morgan fingerprint density at radius 2 is 1.82 bits per heavy atom. The van der Waals surface area contributed by atoms with Crippen molar-refractivity contribution in [2.75, 3.05) is 0 Å². The zero-order chi connectivity index (χ0) is 21.4. The smallest absolute Gasteiger partial charge is 0.365 e. The first-order chi connectivity index (χ1) is 13.0. The number of halogens is 1. The van der Waals surface area contributed by atoms with Crippen LogP contribution in [0.1, 0.15) is 72.6 Å². The SMILES string of the molecule is CC(C)=CCC(C)(C)CC=C[C@H]1CCC[C@@H]1CC=CCC(Cl)C(O)(O)C(=O)O. The number of carboxylic acids is 1. The van der Waals surface area contributed by atoms with Gasteiger partial charge < -0.3 is 15.3 Å². The molecule has 1 unspecified atom stereocenters. The zero-order valence-corrected chi connectivity index (χ0v) is 18.5. The summed E-state index contributed by atoms with van der Waals surface area (Å²) in [7, 11) is 0. The van der Waals surface area contributed by atoms with Gasteiger partial charge in [0, 0.05) is 0 Å². The topological polar surface area (TPSA) is 77.8 Å². The van der Waals surface area contributed by atoms with E-state index in [9.17, 15) is 15.0 Å². The van der Waals surface area contributed by atoms with Crippen molar-refractivity contribution in [2.45, 2.75) is 83.8 Å². The van der Waals surface area contributed by atoms with Crippen molar-refractivity contribution in [2.24, 2.45) is 17.3 Å².